The molecule has 1 aromatic rings. The molecule has 1 aromatic carbocycles. The Bertz CT molecular complexity index is 368. The molecule has 0 amide bonds. The third-order valence-corrected chi connectivity index (χ3v) is 3.95. The third-order valence-electron chi connectivity index (χ3n) is 3.95. The fourth-order valence-electron chi connectivity index (χ4n) is 3.17. The Hall–Kier alpha value is -0.820. The van der Waals surface area contributed by atoms with E-state index in [2.05, 4.69) is 39.0 Å². The number of aryl methyl sites for hydroxylation is 1. The van der Waals surface area contributed by atoms with Crippen LogP contribution in [-0.2, 0) is 13.0 Å². The number of hydrogen-bond acceptors (Lipinski definition) is 1. The summed E-state index contributed by atoms with van der Waals surface area (Å²) >= 11 is 0. The molecule has 1 aliphatic rings. The highest BCUT2D eigenvalue weighted by Crippen LogP contribution is 2.41. The van der Waals surface area contributed by atoms with Crippen molar-refractivity contribution in [2.45, 2.75) is 46.1 Å². The molecule has 2 atom stereocenters. The van der Waals surface area contributed by atoms with Crippen LogP contribution in [0.5, 0.6) is 0 Å². The minimum atomic E-state index is 0.159. The van der Waals surface area contributed by atoms with E-state index in [0.717, 1.165) is 11.5 Å². The molecule has 1 nitrogen and oxygen atoms in total. The maximum absolute atomic E-state index is 9.23. The fourth-order valence-corrected chi connectivity index (χ4v) is 3.17. The molecular weight excluding hydrogens is 196 g/mol. The summed E-state index contributed by atoms with van der Waals surface area (Å²) in [6.45, 7) is 7.13. The van der Waals surface area contributed by atoms with E-state index in [4.69, 9.17) is 0 Å². The van der Waals surface area contributed by atoms with E-state index in [1.807, 2.05) is 0 Å². The molecule has 0 saturated carbocycles. The smallest absolute Gasteiger partial charge is 0.0681 e. The minimum absolute atomic E-state index is 0.159. The summed E-state index contributed by atoms with van der Waals surface area (Å²) in [6.07, 6.45) is 2.50. The van der Waals surface area contributed by atoms with Gasteiger partial charge in [0, 0.05) is 0 Å². The van der Waals surface area contributed by atoms with Gasteiger partial charge in [-0.25, -0.2) is 0 Å². The van der Waals surface area contributed by atoms with Crippen LogP contribution in [0.3, 0.4) is 0 Å². The van der Waals surface area contributed by atoms with Gasteiger partial charge in [0.2, 0.25) is 0 Å². The molecule has 1 aliphatic carbocycles. The lowest BCUT2D eigenvalue weighted by Crippen LogP contribution is -2.22. The molecule has 0 bridgehead atoms. The highest BCUT2D eigenvalue weighted by atomic mass is 16.3. The first-order valence-electron chi connectivity index (χ1n) is 6.36. The van der Waals surface area contributed by atoms with Crippen LogP contribution in [0.2, 0.25) is 0 Å². The first-order valence-corrected chi connectivity index (χ1v) is 6.36. The molecule has 0 aliphatic heterocycles. The van der Waals surface area contributed by atoms with Gasteiger partial charge in [-0.05, 0) is 47.3 Å². The molecule has 0 spiro atoms. The Kier molecular flexibility index (Phi) is 3.34. The molecule has 1 N–H and O–H groups in total. The van der Waals surface area contributed by atoms with Gasteiger partial charge in [-0.1, -0.05) is 39.0 Å². The zero-order valence-electron chi connectivity index (χ0n) is 10.5. The van der Waals surface area contributed by atoms with Crippen LogP contribution in [0.25, 0.3) is 0 Å². The Balaban J connectivity index is 2.44. The monoisotopic (exact) mass is 218 g/mol. The summed E-state index contributed by atoms with van der Waals surface area (Å²) < 4.78 is 0. The maximum Gasteiger partial charge on any atom is 0.0681 e. The van der Waals surface area contributed by atoms with Crippen molar-refractivity contribution in [1.29, 1.82) is 0 Å². The zero-order valence-corrected chi connectivity index (χ0v) is 10.5. The molecule has 2 rings (SSSR count). The van der Waals surface area contributed by atoms with Crippen LogP contribution in [0.1, 0.15) is 49.8 Å². The molecule has 0 radical (unpaired) electrons. The van der Waals surface area contributed by atoms with Crippen molar-refractivity contribution in [3.8, 4) is 0 Å². The van der Waals surface area contributed by atoms with Crippen molar-refractivity contribution >= 4 is 0 Å². The molecule has 88 valence electrons. The topological polar surface area (TPSA) is 20.2 Å². The number of rotatable bonds is 2. The van der Waals surface area contributed by atoms with Crippen molar-refractivity contribution in [3.05, 3.63) is 34.9 Å². The summed E-state index contributed by atoms with van der Waals surface area (Å²) in [4.78, 5) is 0. The van der Waals surface area contributed by atoms with Gasteiger partial charge in [-0.3, -0.25) is 0 Å². The summed E-state index contributed by atoms with van der Waals surface area (Å²) in [6, 6.07) is 6.49. The van der Waals surface area contributed by atoms with Crippen molar-refractivity contribution in [1.82, 2.24) is 0 Å². The normalized spacial score (nSPS) is 24.6. The first kappa shape index (κ1) is 11.7. The second-order valence-electron chi connectivity index (χ2n) is 5.48. The number of hydrogen-bond donors (Lipinski definition) is 1. The van der Waals surface area contributed by atoms with Crippen LogP contribution in [0.4, 0.5) is 0 Å². The molecule has 1 heteroatoms. The Morgan fingerprint density at radius 2 is 2.12 bits per heavy atom. The minimum Gasteiger partial charge on any atom is -0.392 e. The summed E-state index contributed by atoms with van der Waals surface area (Å²) in [7, 11) is 0. The van der Waals surface area contributed by atoms with Gasteiger partial charge in [-0.2, -0.15) is 0 Å². The van der Waals surface area contributed by atoms with Crippen LogP contribution in [0.15, 0.2) is 18.2 Å². The van der Waals surface area contributed by atoms with E-state index in [1.54, 1.807) is 0 Å². The van der Waals surface area contributed by atoms with Gasteiger partial charge >= 0.3 is 0 Å². The van der Waals surface area contributed by atoms with Gasteiger partial charge in [-0.15, -0.1) is 0 Å². The molecule has 0 unspecified atom stereocenters. The number of aliphatic hydroxyl groups is 1. The lowest BCUT2D eigenvalue weighted by molar-refractivity contribution is 0.280. The van der Waals surface area contributed by atoms with E-state index >= 15 is 0 Å². The summed E-state index contributed by atoms with van der Waals surface area (Å²) in [5.74, 6) is 2.11. The van der Waals surface area contributed by atoms with E-state index in [9.17, 15) is 5.11 Å². The van der Waals surface area contributed by atoms with Gasteiger partial charge in [0.15, 0.2) is 0 Å². The number of fused-ring (bicyclic) bond motifs is 1. The average Bonchev–Trinajstić information content (AvgIpc) is 2.27. The van der Waals surface area contributed by atoms with Gasteiger partial charge < -0.3 is 5.11 Å². The van der Waals surface area contributed by atoms with E-state index in [-0.39, 0.29) is 6.61 Å². The first-order chi connectivity index (χ1) is 7.63. The number of benzene rings is 1. The van der Waals surface area contributed by atoms with E-state index < -0.39 is 0 Å². The third kappa shape index (κ3) is 2.01. The van der Waals surface area contributed by atoms with E-state index in [0.29, 0.717) is 11.8 Å². The molecule has 0 fully saturated rings. The Morgan fingerprint density at radius 1 is 1.38 bits per heavy atom. The molecule has 0 saturated heterocycles. The predicted molar refractivity (Wildman–Crippen MR) is 67.4 cm³/mol. The second-order valence-corrected chi connectivity index (χ2v) is 5.48. The van der Waals surface area contributed by atoms with Crippen LogP contribution in [0, 0.1) is 11.8 Å². The lowest BCUT2D eigenvalue weighted by atomic mass is 9.70. The quantitative estimate of drug-likeness (QED) is 0.805. The van der Waals surface area contributed by atoms with Crippen molar-refractivity contribution in [2.24, 2.45) is 11.8 Å². The van der Waals surface area contributed by atoms with Crippen molar-refractivity contribution in [2.75, 3.05) is 0 Å². The molecular formula is C15H22O. The van der Waals surface area contributed by atoms with Gasteiger partial charge in [0.05, 0.1) is 6.61 Å². The van der Waals surface area contributed by atoms with Gasteiger partial charge in [0.1, 0.15) is 0 Å². The highest BCUT2D eigenvalue weighted by Gasteiger charge is 2.28. The van der Waals surface area contributed by atoms with E-state index in [1.165, 1.54) is 24.0 Å². The molecule has 0 heterocycles. The largest absolute Gasteiger partial charge is 0.392 e. The predicted octanol–water partition coefficient (Wildman–Crippen LogP) is 3.50. The van der Waals surface area contributed by atoms with Crippen LogP contribution in [-0.4, -0.2) is 5.11 Å². The fraction of sp³-hybridized carbons (Fsp3) is 0.600. The van der Waals surface area contributed by atoms with Crippen molar-refractivity contribution in [3.63, 3.8) is 0 Å². The SMILES string of the molecule is CC(C)[C@@H]1c2cc(CO)ccc2CC[C@@H]1C. The van der Waals surface area contributed by atoms with Crippen LogP contribution >= 0.6 is 0 Å². The highest BCUT2D eigenvalue weighted by molar-refractivity contribution is 5.37. The standard InChI is InChI=1S/C15H22O/c1-10(2)15-11(3)4-6-13-7-5-12(9-16)8-14(13)15/h5,7-8,10-11,15-16H,4,6,9H2,1-3H3/t11-,15-/m0/s1. The molecule has 0 aromatic heterocycles. The lowest BCUT2D eigenvalue weighted by Gasteiger charge is -2.34. The average molecular weight is 218 g/mol. The Morgan fingerprint density at radius 3 is 2.75 bits per heavy atom. The van der Waals surface area contributed by atoms with Crippen LogP contribution < -0.4 is 0 Å². The number of aliphatic hydroxyl groups excluding tert-OH is 1. The molecule has 16 heavy (non-hydrogen) atoms. The summed E-state index contributed by atoms with van der Waals surface area (Å²) in [5, 5.41) is 9.23. The van der Waals surface area contributed by atoms with Crippen molar-refractivity contribution < 1.29 is 5.11 Å². The van der Waals surface area contributed by atoms with Gasteiger partial charge in [0.25, 0.3) is 0 Å². The maximum atomic E-state index is 9.23. The Labute approximate surface area is 98.5 Å². The second kappa shape index (κ2) is 4.58. The zero-order chi connectivity index (χ0) is 11.7. The summed E-state index contributed by atoms with van der Waals surface area (Å²) in [5.41, 5.74) is 4.04.